The van der Waals surface area contributed by atoms with Crippen LogP contribution in [0, 0.1) is 0 Å². The van der Waals surface area contributed by atoms with Crippen molar-refractivity contribution in [3.05, 3.63) is 5.01 Å². The summed E-state index contributed by atoms with van der Waals surface area (Å²) in [6.45, 7) is 7.96. The van der Waals surface area contributed by atoms with Gasteiger partial charge in [0.15, 0.2) is 0 Å². The summed E-state index contributed by atoms with van der Waals surface area (Å²) in [6, 6.07) is 0.455. The van der Waals surface area contributed by atoms with E-state index < -0.39 is 0 Å². The molecule has 1 N–H and O–H groups in total. The number of nitrogens with one attached hydrogen (secondary N) is 1. The van der Waals surface area contributed by atoms with Crippen LogP contribution in [0.5, 0.6) is 0 Å². The van der Waals surface area contributed by atoms with E-state index in [4.69, 9.17) is 0 Å². The standard InChI is InChI=1S/C10H18N4OS/c1-6(2)11-10-13-12-8(16-10)9(15)14(5)7(3)4/h6-7H,1-5H3,(H,11,13). The maximum absolute atomic E-state index is 11.9. The Labute approximate surface area is 99.9 Å². The first-order valence-corrected chi connectivity index (χ1v) is 6.10. The molecule has 0 atom stereocenters. The van der Waals surface area contributed by atoms with Gasteiger partial charge in [-0.25, -0.2) is 0 Å². The van der Waals surface area contributed by atoms with Gasteiger partial charge in [-0.2, -0.15) is 0 Å². The molecule has 0 radical (unpaired) electrons. The molecule has 16 heavy (non-hydrogen) atoms. The molecule has 1 aromatic heterocycles. The van der Waals surface area contributed by atoms with Crippen LogP contribution in [0.4, 0.5) is 5.13 Å². The van der Waals surface area contributed by atoms with Crippen molar-refractivity contribution in [3.63, 3.8) is 0 Å². The third-order valence-corrected chi connectivity index (χ3v) is 2.96. The normalized spacial score (nSPS) is 10.9. The summed E-state index contributed by atoms with van der Waals surface area (Å²) >= 11 is 1.29. The SMILES string of the molecule is CC(C)Nc1nnc(C(=O)N(C)C(C)C)s1. The Morgan fingerprint density at radius 3 is 2.44 bits per heavy atom. The largest absolute Gasteiger partial charge is 0.358 e. The molecule has 0 fully saturated rings. The van der Waals surface area contributed by atoms with Gasteiger partial charge in [0, 0.05) is 19.1 Å². The maximum Gasteiger partial charge on any atom is 0.284 e. The number of nitrogens with zero attached hydrogens (tertiary/aromatic N) is 3. The van der Waals surface area contributed by atoms with Gasteiger partial charge in [0.25, 0.3) is 5.91 Å². The maximum atomic E-state index is 11.9. The molecule has 0 bridgehead atoms. The van der Waals surface area contributed by atoms with Gasteiger partial charge < -0.3 is 10.2 Å². The van der Waals surface area contributed by atoms with E-state index >= 15 is 0 Å². The number of carbonyl (C=O) groups excluding carboxylic acids is 1. The van der Waals surface area contributed by atoms with Crippen LogP contribution in [0.15, 0.2) is 0 Å². The van der Waals surface area contributed by atoms with Gasteiger partial charge in [0.1, 0.15) is 0 Å². The Bertz CT molecular complexity index is 361. The van der Waals surface area contributed by atoms with Crippen molar-refractivity contribution in [2.24, 2.45) is 0 Å². The van der Waals surface area contributed by atoms with Crippen LogP contribution >= 0.6 is 11.3 Å². The Hall–Kier alpha value is -1.17. The minimum Gasteiger partial charge on any atom is -0.358 e. The van der Waals surface area contributed by atoms with Crippen molar-refractivity contribution >= 4 is 22.4 Å². The van der Waals surface area contributed by atoms with Gasteiger partial charge in [-0.15, -0.1) is 10.2 Å². The quantitative estimate of drug-likeness (QED) is 0.875. The Balaban J connectivity index is 2.74. The number of hydrogen-bond donors (Lipinski definition) is 1. The van der Waals surface area contributed by atoms with Crippen molar-refractivity contribution in [2.45, 2.75) is 39.8 Å². The van der Waals surface area contributed by atoms with Gasteiger partial charge in [0.05, 0.1) is 0 Å². The van der Waals surface area contributed by atoms with Crippen LogP contribution in [0.1, 0.15) is 37.5 Å². The second kappa shape index (κ2) is 5.25. The highest BCUT2D eigenvalue weighted by Gasteiger charge is 2.19. The Kier molecular flexibility index (Phi) is 4.23. The summed E-state index contributed by atoms with van der Waals surface area (Å²) in [5.74, 6) is -0.0793. The van der Waals surface area contributed by atoms with E-state index in [1.54, 1.807) is 11.9 Å². The van der Waals surface area contributed by atoms with Crippen LogP contribution < -0.4 is 5.32 Å². The van der Waals surface area contributed by atoms with E-state index in [1.807, 2.05) is 27.7 Å². The number of amides is 1. The predicted molar refractivity (Wildman–Crippen MR) is 65.9 cm³/mol. The van der Waals surface area contributed by atoms with E-state index in [9.17, 15) is 4.79 Å². The molecular formula is C10H18N4OS. The highest BCUT2D eigenvalue weighted by atomic mass is 32.1. The molecule has 90 valence electrons. The Morgan fingerprint density at radius 1 is 1.31 bits per heavy atom. The molecule has 0 saturated heterocycles. The zero-order valence-electron chi connectivity index (χ0n) is 10.3. The zero-order valence-corrected chi connectivity index (χ0v) is 11.1. The van der Waals surface area contributed by atoms with Gasteiger partial charge in [-0.05, 0) is 27.7 Å². The average molecular weight is 242 g/mol. The summed E-state index contributed by atoms with van der Waals surface area (Å²) in [6.07, 6.45) is 0. The lowest BCUT2D eigenvalue weighted by Crippen LogP contribution is -2.32. The lowest BCUT2D eigenvalue weighted by atomic mass is 10.3. The van der Waals surface area contributed by atoms with Gasteiger partial charge in [-0.1, -0.05) is 11.3 Å². The molecule has 5 nitrogen and oxygen atoms in total. The molecule has 1 aromatic rings. The molecule has 0 unspecified atom stereocenters. The third kappa shape index (κ3) is 3.16. The molecule has 0 aliphatic rings. The van der Waals surface area contributed by atoms with E-state index in [0.29, 0.717) is 16.2 Å². The smallest absolute Gasteiger partial charge is 0.284 e. The van der Waals surface area contributed by atoms with Crippen molar-refractivity contribution in [2.75, 3.05) is 12.4 Å². The molecule has 0 aliphatic heterocycles. The third-order valence-electron chi connectivity index (χ3n) is 2.12. The van der Waals surface area contributed by atoms with Gasteiger partial charge in [0.2, 0.25) is 10.1 Å². The molecule has 1 amide bonds. The number of aromatic nitrogens is 2. The first-order valence-electron chi connectivity index (χ1n) is 5.29. The number of hydrogen-bond acceptors (Lipinski definition) is 5. The average Bonchev–Trinajstić information content (AvgIpc) is 2.62. The van der Waals surface area contributed by atoms with Crippen LogP contribution in [-0.4, -0.2) is 40.1 Å². The fourth-order valence-corrected chi connectivity index (χ4v) is 1.87. The lowest BCUT2D eigenvalue weighted by Gasteiger charge is -2.19. The number of rotatable bonds is 4. The topological polar surface area (TPSA) is 58.1 Å². The zero-order chi connectivity index (χ0) is 12.3. The van der Waals surface area contributed by atoms with E-state index in [-0.39, 0.29) is 11.9 Å². The van der Waals surface area contributed by atoms with Gasteiger partial charge >= 0.3 is 0 Å². The molecular weight excluding hydrogens is 224 g/mol. The van der Waals surface area contributed by atoms with Crippen LogP contribution in [0.3, 0.4) is 0 Å². The fourth-order valence-electron chi connectivity index (χ4n) is 1.00. The molecule has 1 heterocycles. The summed E-state index contributed by atoms with van der Waals surface area (Å²) in [4.78, 5) is 13.5. The summed E-state index contributed by atoms with van der Waals surface area (Å²) in [5.41, 5.74) is 0. The second-order valence-corrected chi connectivity index (χ2v) is 5.20. The molecule has 1 rings (SSSR count). The van der Waals surface area contributed by atoms with E-state index in [0.717, 1.165) is 0 Å². The van der Waals surface area contributed by atoms with Crippen molar-refractivity contribution in [3.8, 4) is 0 Å². The molecule has 0 saturated carbocycles. The second-order valence-electron chi connectivity index (χ2n) is 4.22. The number of anilines is 1. The summed E-state index contributed by atoms with van der Waals surface area (Å²) in [5, 5.41) is 12.1. The first-order chi connectivity index (χ1) is 7.41. The molecule has 0 aromatic carbocycles. The monoisotopic (exact) mass is 242 g/mol. The first kappa shape index (κ1) is 12.9. The predicted octanol–water partition coefficient (Wildman–Crippen LogP) is 1.84. The highest BCUT2D eigenvalue weighted by molar-refractivity contribution is 7.17. The van der Waals surface area contributed by atoms with Crippen molar-refractivity contribution < 1.29 is 4.79 Å². The lowest BCUT2D eigenvalue weighted by molar-refractivity contribution is 0.0753. The molecule has 0 aliphatic carbocycles. The molecule has 6 heteroatoms. The van der Waals surface area contributed by atoms with Crippen LogP contribution in [-0.2, 0) is 0 Å². The fraction of sp³-hybridized carbons (Fsp3) is 0.700. The molecule has 0 spiro atoms. The highest BCUT2D eigenvalue weighted by Crippen LogP contribution is 2.17. The van der Waals surface area contributed by atoms with E-state index in [2.05, 4.69) is 15.5 Å². The Morgan fingerprint density at radius 2 is 1.94 bits per heavy atom. The minimum atomic E-state index is -0.0793. The van der Waals surface area contributed by atoms with Crippen LogP contribution in [0.2, 0.25) is 0 Å². The van der Waals surface area contributed by atoms with Crippen LogP contribution in [0.25, 0.3) is 0 Å². The van der Waals surface area contributed by atoms with Crippen molar-refractivity contribution in [1.82, 2.24) is 15.1 Å². The minimum absolute atomic E-state index is 0.0793. The number of carbonyl (C=O) groups is 1. The van der Waals surface area contributed by atoms with Gasteiger partial charge in [-0.3, -0.25) is 4.79 Å². The van der Waals surface area contributed by atoms with E-state index in [1.165, 1.54) is 11.3 Å². The summed E-state index contributed by atoms with van der Waals surface area (Å²) in [7, 11) is 1.77. The summed E-state index contributed by atoms with van der Waals surface area (Å²) < 4.78 is 0. The van der Waals surface area contributed by atoms with Crippen molar-refractivity contribution in [1.29, 1.82) is 0 Å².